The quantitative estimate of drug-likeness (QED) is 0.503. The first-order valence-corrected chi connectivity index (χ1v) is 8.47. The highest BCUT2D eigenvalue weighted by atomic mass is 16.5. The first-order valence-electron chi connectivity index (χ1n) is 8.47. The van der Waals surface area contributed by atoms with Crippen molar-refractivity contribution in [3.05, 3.63) is 78.4 Å². The topological polar surface area (TPSA) is 41.9 Å². The van der Waals surface area contributed by atoms with Gasteiger partial charge in [-0.2, -0.15) is 0 Å². The van der Waals surface area contributed by atoms with Gasteiger partial charge in [0, 0.05) is 19.6 Å². The molecule has 0 unspecified atom stereocenters. The molecule has 0 amide bonds. The van der Waals surface area contributed by atoms with Gasteiger partial charge in [0.15, 0.2) is 0 Å². The van der Waals surface area contributed by atoms with Gasteiger partial charge in [0.05, 0.1) is 26.4 Å². The maximum Gasteiger partial charge on any atom is 0.119 e. The lowest BCUT2D eigenvalue weighted by atomic mass is 10.1. The van der Waals surface area contributed by atoms with E-state index in [2.05, 4.69) is 29.7 Å². The summed E-state index contributed by atoms with van der Waals surface area (Å²) < 4.78 is 10.7. The van der Waals surface area contributed by atoms with Crippen LogP contribution >= 0.6 is 0 Å². The summed E-state index contributed by atoms with van der Waals surface area (Å²) in [6.07, 6.45) is 1.14. The predicted octanol–water partition coefficient (Wildman–Crippen LogP) is 3.26. The average molecular weight is 341 g/mol. The highest BCUT2D eigenvalue weighted by molar-refractivity contribution is 5.28. The van der Waals surface area contributed by atoms with Crippen molar-refractivity contribution in [2.45, 2.75) is 19.2 Å². The van der Waals surface area contributed by atoms with E-state index in [1.165, 1.54) is 5.56 Å². The standard InChI is InChI=1S/C21H27NO3/c1-3-12-25-17-20(23)16-22(14-18-8-5-4-6-9-18)15-19-10-7-11-21(13-19)24-2/h3-11,13,20,23H,1,12,14-17H2,2H3/t20-/m1/s1. The largest absolute Gasteiger partial charge is 0.497 e. The van der Waals surface area contributed by atoms with E-state index >= 15 is 0 Å². The van der Waals surface area contributed by atoms with Crippen molar-refractivity contribution >= 4 is 0 Å². The third-order valence-electron chi connectivity index (χ3n) is 3.80. The molecule has 4 nitrogen and oxygen atoms in total. The number of methoxy groups -OCH3 is 1. The number of hydrogen-bond acceptors (Lipinski definition) is 4. The highest BCUT2D eigenvalue weighted by Gasteiger charge is 2.13. The second-order valence-corrected chi connectivity index (χ2v) is 5.99. The van der Waals surface area contributed by atoms with E-state index in [0.29, 0.717) is 19.8 Å². The van der Waals surface area contributed by atoms with Gasteiger partial charge >= 0.3 is 0 Å². The predicted molar refractivity (Wildman–Crippen MR) is 101 cm³/mol. The Hall–Kier alpha value is -2.14. The Labute approximate surface area is 150 Å². The minimum atomic E-state index is -0.547. The molecule has 0 aliphatic heterocycles. The summed E-state index contributed by atoms with van der Waals surface area (Å²) in [4.78, 5) is 2.21. The Morgan fingerprint density at radius 1 is 1.08 bits per heavy atom. The Kier molecular flexibility index (Phi) is 8.19. The zero-order valence-electron chi connectivity index (χ0n) is 14.8. The van der Waals surface area contributed by atoms with E-state index in [-0.39, 0.29) is 0 Å². The Bertz CT molecular complexity index is 630. The van der Waals surface area contributed by atoms with Crippen LogP contribution in [0.3, 0.4) is 0 Å². The minimum absolute atomic E-state index is 0.301. The van der Waals surface area contributed by atoms with E-state index in [4.69, 9.17) is 9.47 Å². The SMILES string of the molecule is C=CCOC[C@H](O)CN(Cc1ccccc1)Cc1cccc(OC)c1. The molecule has 0 heterocycles. The van der Waals surface area contributed by atoms with Gasteiger partial charge in [-0.1, -0.05) is 48.5 Å². The smallest absolute Gasteiger partial charge is 0.119 e. The zero-order chi connectivity index (χ0) is 17.9. The maximum atomic E-state index is 10.3. The molecule has 0 saturated carbocycles. The van der Waals surface area contributed by atoms with Crippen molar-refractivity contribution < 1.29 is 14.6 Å². The molecule has 1 N–H and O–H groups in total. The number of benzene rings is 2. The van der Waals surface area contributed by atoms with Gasteiger partial charge in [0.25, 0.3) is 0 Å². The second kappa shape index (κ2) is 10.7. The summed E-state index contributed by atoms with van der Waals surface area (Å²) in [7, 11) is 1.67. The number of aliphatic hydroxyl groups is 1. The second-order valence-electron chi connectivity index (χ2n) is 5.99. The minimum Gasteiger partial charge on any atom is -0.497 e. The van der Waals surface area contributed by atoms with Crippen LogP contribution < -0.4 is 4.74 Å². The number of aliphatic hydroxyl groups excluding tert-OH is 1. The Morgan fingerprint density at radius 2 is 1.80 bits per heavy atom. The third kappa shape index (κ3) is 7.10. The lowest BCUT2D eigenvalue weighted by molar-refractivity contribution is 0.0228. The maximum absolute atomic E-state index is 10.3. The molecule has 0 radical (unpaired) electrons. The van der Waals surface area contributed by atoms with Crippen molar-refractivity contribution in [1.29, 1.82) is 0 Å². The molecule has 0 fully saturated rings. The molecule has 0 aliphatic rings. The van der Waals surface area contributed by atoms with Crippen LogP contribution in [0.4, 0.5) is 0 Å². The monoisotopic (exact) mass is 341 g/mol. The molecule has 134 valence electrons. The first-order chi connectivity index (χ1) is 12.2. The molecule has 0 saturated heterocycles. The van der Waals surface area contributed by atoms with Crippen LogP contribution in [0.2, 0.25) is 0 Å². The molecule has 1 atom stereocenters. The van der Waals surface area contributed by atoms with Crippen LogP contribution in [-0.2, 0) is 17.8 Å². The number of hydrogen-bond donors (Lipinski definition) is 1. The first kappa shape index (κ1) is 19.2. The van der Waals surface area contributed by atoms with Gasteiger partial charge in [-0.05, 0) is 23.3 Å². The molecule has 2 aromatic rings. The molecule has 0 spiro atoms. The van der Waals surface area contributed by atoms with Gasteiger partial charge in [0.2, 0.25) is 0 Å². The third-order valence-corrected chi connectivity index (χ3v) is 3.80. The molecular formula is C21H27NO3. The van der Waals surface area contributed by atoms with Gasteiger partial charge in [0.1, 0.15) is 5.75 Å². The number of ether oxygens (including phenoxy) is 2. The van der Waals surface area contributed by atoms with Crippen LogP contribution in [0.15, 0.2) is 67.3 Å². The van der Waals surface area contributed by atoms with E-state index in [1.54, 1.807) is 13.2 Å². The highest BCUT2D eigenvalue weighted by Crippen LogP contribution is 2.16. The number of nitrogens with zero attached hydrogens (tertiary/aromatic N) is 1. The van der Waals surface area contributed by atoms with E-state index in [1.807, 2.05) is 36.4 Å². The molecule has 2 rings (SSSR count). The van der Waals surface area contributed by atoms with Crippen LogP contribution in [-0.4, -0.2) is 43.0 Å². The normalized spacial score (nSPS) is 12.1. The molecule has 4 heteroatoms. The van der Waals surface area contributed by atoms with Crippen molar-refractivity contribution in [2.75, 3.05) is 26.9 Å². The fourth-order valence-corrected chi connectivity index (χ4v) is 2.69. The zero-order valence-corrected chi connectivity index (χ0v) is 14.8. The van der Waals surface area contributed by atoms with Crippen LogP contribution in [0.25, 0.3) is 0 Å². The summed E-state index contributed by atoms with van der Waals surface area (Å²) in [5.41, 5.74) is 2.36. The van der Waals surface area contributed by atoms with E-state index in [0.717, 1.165) is 24.4 Å². The Balaban J connectivity index is 2.03. The van der Waals surface area contributed by atoms with Gasteiger partial charge in [-0.25, -0.2) is 0 Å². The van der Waals surface area contributed by atoms with Crippen LogP contribution in [0.1, 0.15) is 11.1 Å². The summed E-state index contributed by atoms with van der Waals surface area (Å²) >= 11 is 0. The van der Waals surface area contributed by atoms with Crippen molar-refractivity contribution in [2.24, 2.45) is 0 Å². The van der Waals surface area contributed by atoms with Crippen molar-refractivity contribution in [1.82, 2.24) is 4.90 Å². The summed E-state index contributed by atoms with van der Waals surface area (Å²) in [5, 5.41) is 10.3. The molecule has 0 bridgehead atoms. The van der Waals surface area contributed by atoms with Gasteiger partial charge in [-0.3, -0.25) is 4.90 Å². The number of rotatable bonds is 11. The summed E-state index contributed by atoms with van der Waals surface area (Å²) in [6, 6.07) is 18.3. The molecule has 25 heavy (non-hydrogen) atoms. The van der Waals surface area contributed by atoms with Gasteiger partial charge in [-0.15, -0.1) is 6.58 Å². The summed E-state index contributed by atoms with van der Waals surface area (Å²) in [5.74, 6) is 0.840. The molecule has 0 aromatic heterocycles. The van der Waals surface area contributed by atoms with Crippen LogP contribution in [0, 0.1) is 0 Å². The molecular weight excluding hydrogens is 314 g/mol. The van der Waals surface area contributed by atoms with Crippen molar-refractivity contribution in [3.8, 4) is 5.75 Å². The lowest BCUT2D eigenvalue weighted by Crippen LogP contribution is -2.34. The van der Waals surface area contributed by atoms with Gasteiger partial charge < -0.3 is 14.6 Å². The van der Waals surface area contributed by atoms with Crippen molar-refractivity contribution in [3.63, 3.8) is 0 Å². The molecule has 2 aromatic carbocycles. The van der Waals surface area contributed by atoms with E-state index in [9.17, 15) is 5.11 Å². The summed E-state index contributed by atoms with van der Waals surface area (Å²) in [6.45, 7) is 6.39. The van der Waals surface area contributed by atoms with E-state index < -0.39 is 6.10 Å². The van der Waals surface area contributed by atoms with Crippen LogP contribution in [0.5, 0.6) is 5.75 Å². The Morgan fingerprint density at radius 3 is 2.52 bits per heavy atom. The lowest BCUT2D eigenvalue weighted by Gasteiger charge is -2.25. The molecule has 0 aliphatic carbocycles. The average Bonchev–Trinajstić information content (AvgIpc) is 2.63. The fraction of sp³-hybridized carbons (Fsp3) is 0.333. The fourth-order valence-electron chi connectivity index (χ4n) is 2.69.